The molecular weight excluding hydrogens is 244 g/mol. The summed E-state index contributed by atoms with van der Waals surface area (Å²) in [6.07, 6.45) is 0.996. The van der Waals surface area contributed by atoms with Gasteiger partial charge in [0.15, 0.2) is 5.78 Å². The van der Waals surface area contributed by atoms with Gasteiger partial charge < -0.3 is 0 Å². The van der Waals surface area contributed by atoms with E-state index in [1.165, 1.54) is 0 Å². The molecule has 1 nitrogen and oxygen atoms in total. The number of carbonyl (C=O) groups excluding carboxylic acids is 1. The van der Waals surface area contributed by atoms with Crippen molar-refractivity contribution in [1.82, 2.24) is 0 Å². The predicted molar refractivity (Wildman–Crippen MR) is 74.9 cm³/mol. The summed E-state index contributed by atoms with van der Waals surface area (Å²) in [4.78, 5) is 12.0. The van der Waals surface area contributed by atoms with Crippen LogP contribution in [-0.4, -0.2) is 11.2 Å². The maximum atomic E-state index is 12.0. The molecule has 0 aromatic heterocycles. The molecule has 0 bridgehead atoms. The third-order valence-corrected chi connectivity index (χ3v) is 3.23. The fourth-order valence-electron chi connectivity index (χ4n) is 1.84. The highest BCUT2D eigenvalue weighted by Crippen LogP contribution is 2.12. The summed E-state index contributed by atoms with van der Waals surface area (Å²) in [5, 5.41) is -0.451. The van der Waals surface area contributed by atoms with Crippen LogP contribution in [-0.2, 0) is 17.6 Å². The molecule has 0 heterocycles. The van der Waals surface area contributed by atoms with Gasteiger partial charge in [0.25, 0.3) is 0 Å². The smallest absolute Gasteiger partial charge is 0.155 e. The highest BCUT2D eigenvalue weighted by atomic mass is 35.5. The molecule has 92 valence electrons. The zero-order valence-electron chi connectivity index (χ0n) is 10.1. The molecule has 18 heavy (non-hydrogen) atoms. The van der Waals surface area contributed by atoms with Crippen molar-refractivity contribution < 1.29 is 4.79 Å². The van der Waals surface area contributed by atoms with Crippen molar-refractivity contribution in [2.45, 2.75) is 18.2 Å². The van der Waals surface area contributed by atoms with Crippen LogP contribution in [0.1, 0.15) is 11.1 Å². The average molecular weight is 259 g/mol. The molecule has 2 aromatic carbocycles. The van der Waals surface area contributed by atoms with Crippen LogP contribution in [0.5, 0.6) is 0 Å². The third kappa shape index (κ3) is 3.71. The van der Waals surface area contributed by atoms with E-state index in [9.17, 15) is 4.79 Å². The Balaban J connectivity index is 1.93. The number of hydrogen-bond donors (Lipinski definition) is 0. The van der Waals surface area contributed by atoms with Crippen LogP contribution in [0, 0.1) is 0 Å². The molecule has 0 radical (unpaired) electrons. The number of halogens is 1. The Labute approximate surface area is 112 Å². The maximum Gasteiger partial charge on any atom is 0.155 e. The van der Waals surface area contributed by atoms with Crippen molar-refractivity contribution in [3.63, 3.8) is 0 Å². The number of rotatable bonds is 5. The summed E-state index contributed by atoms with van der Waals surface area (Å²) in [5.41, 5.74) is 2.11. The number of carbonyl (C=O) groups is 1. The molecule has 0 saturated carbocycles. The minimum atomic E-state index is -0.451. The largest absolute Gasteiger partial charge is 0.298 e. The monoisotopic (exact) mass is 258 g/mol. The quantitative estimate of drug-likeness (QED) is 0.749. The Kier molecular flexibility index (Phi) is 4.54. The highest BCUT2D eigenvalue weighted by molar-refractivity contribution is 6.31. The lowest BCUT2D eigenvalue weighted by Crippen LogP contribution is -2.19. The van der Waals surface area contributed by atoms with Crippen LogP contribution in [0.25, 0.3) is 0 Å². The topological polar surface area (TPSA) is 17.1 Å². The molecule has 1 atom stereocenters. The zero-order chi connectivity index (χ0) is 12.8. The lowest BCUT2D eigenvalue weighted by molar-refractivity contribution is -0.118. The Hall–Kier alpha value is -1.60. The Morgan fingerprint density at radius 3 is 1.94 bits per heavy atom. The first-order chi connectivity index (χ1) is 8.75. The molecule has 0 saturated heterocycles. The van der Waals surface area contributed by atoms with Crippen molar-refractivity contribution in [2.75, 3.05) is 0 Å². The van der Waals surface area contributed by atoms with Crippen molar-refractivity contribution in [2.24, 2.45) is 0 Å². The average Bonchev–Trinajstić information content (AvgIpc) is 2.41. The third-order valence-electron chi connectivity index (χ3n) is 2.83. The van der Waals surface area contributed by atoms with Gasteiger partial charge in [0.1, 0.15) is 0 Å². The van der Waals surface area contributed by atoms with Crippen molar-refractivity contribution in [1.29, 1.82) is 0 Å². The molecule has 2 heteroatoms. The lowest BCUT2D eigenvalue weighted by Gasteiger charge is -2.08. The highest BCUT2D eigenvalue weighted by Gasteiger charge is 2.15. The number of ketones is 1. The molecule has 0 amide bonds. The molecular formula is C16H15ClO. The minimum Gasteiger partial charge on any atom is -0.298 e. The Bertz CT molecular complexity index is 493. The molecule has 0 aliphatic rings. The summed E-state index contributed by atoms with van der Waals surface area (Å²) < 4.78 is 0. The first-order valence-corrected chi connectivity index (χ1v) is 6.44. The van der Waals surface area contributed by atoms with Gasteiger partial charge >= 0.3 is 0 Å². The maximum absolute atomic E-state index is 12.0. The molecule has 2 rings (SSSR count). The fraction of sp³-hybridized carbons (Fsp3) is 0.188. The van der Waals surface area contributed by atoms with Gasteiger partial charge in [-0.25, -0.2) is 0 Å². The van der Waals surface area contributed by atoms with E-state index in [0.717, 1.165) is 11.1 Å². The van der Waals surface area contributed by atoms with Crippen molar-refractivity contribution in [3.8, 4) is 0 Å². The van der Waals surface area contributed by atoms with Crippen LogP contribution < -0.4 is 0 Å². The van der Waals surface area contributed by atoms with E-state index in [-0.39, 0.29) is 5.78 Å². The lowest BCUT2D eigenvalue weighted by atomic mass is 10.0. The van der Waals surface area contributed by atoms with E-state index in [1.54, 1.807) is 0 Å². The molecule has 0 N–H and O–H groups in total. The molecule has 0 aliphatic carbocycles. The second-order valence-corrected chi connectivity index (χ2v) is 4.81. The van der Waals surface area contributed by atoms with Gasteiger partial charge in [-0.2, -0.15) is 0 Å². The second kappa shape index (κ2) is 6.36. The minimum absolute atomic E-state index is 0.0757. The molecule has 0 fully saturated rings. The van der Waals surface area contributed by atoms with Crippen LogP contribution >= 0.6 is 11.6 Å². The summed E-state index contributed by atoms with van der Waals surface area (Å²) in [7, 11) is 0. The first-order valence-electron chi connectivity index (χ1n) is 6.00. The molecule has 2 aromatic rings. The first kappa shape index (κ1) is 12.8. The predicted octanol–water partition coefficient (Wildman–Crippen LogP) is 3.65. The molecule has 0 spiro atoms. The van der Waals surface area contributed by atoms with Gasteiger partial charge in [0, 0.05) is 6.42 Å². The Morgan fingerprint density at radius 2 is 1.39 bits per heavy atom. The van der Waals surface area contributed by atoms with Crippen LogP contribution in [0.2, 0.25) is 0 Å². The number of benzene rings is 2. The van der Waals surface area contributed by atoms with Crippen molar-refractivity contribution >= 4 is 17.4 Å². The van der Waals surface area contributed by atoms with E-state index in [2.05, 4.69) is 0 Å². The number of alkyl halides is 1. The second-order valence-electron chi connectivity index (χ2n) is 4.29. The molecule has 1 unspecified atom stereocenters. The van der Waals surface area contributed by atoms with Gasteiger partial charge in [-0.3, -0.25) is 4.79 Å². The van der Waals surface area contributed by atoms with E-state index < -0.39 is 5.38 Å². The van der Waals surface area contributed by atoms with E-state index >= 15 is 0 Å². The van der Waals surface area contributed by atoms with Gasteiger partial charge in [0.2, 0.25) is 0 Å². The van der Waals surface area contributed by atoms with E-state index in [0.29, 0.717) is 12.8 Å². The van der Waals surface area contributed by atoms with Crippen LogP contribution in [0.4, 0.5) is 0 Å². The summed E-state index contributed by atoms with van der Waals surface area (Å²) in [5.74, 6) is 0.0757. The summed E-state index contributed by atoms with van der Waals surface area (Å²) in [6.45, 7) is 0. The number of hydrogen-bond acceptors (Lipinski definition) is 1. The van der Waals surface area contributed by atoms with Crippen LogP contribution in [0.15, 0.2) is 60.7 Å². The van der Waals surface area contributed by atoms with E-state index in [1.807, 2.05) is 60.7 Å². The van der Waals surface area contributed by atoms with Crippen LogP contribution in [0.3, 0.4) is 0 Å². The van der Waals surface area contributed by atoms with Gasteiger partial charge in [0.05, 0.1) is 5.38 Å². The van der Waals surface area contributed by atoms with Crippen molar-refractivity contribution in [3.05, 3.63) is 71.8 Å². The summed E-state index contributed by atoms with van der Waals surface area (Å²) >= 11 is 6.17. The molecule has 0 aliphatic heterocycles. The SMILES string of the molecule is O=C(Cc1ccccc1)C(Cl)Cc1ccccc1. The van der Waals surface area contributed by atoms with Gasteiger partial charge in [-0.15, -0.1) is 11.6 Å². The van der Waals surface area contributed by atoms with Gasteiger partial charge in [-0.05, 0) is 17.5 Å². The number of Topliss-reactive ketones (excluding diaryl/α,β-unsaturated/α-hetero) is 1. The Morgan fingerprint density at radius 1 is 0.889 bits per heavy atom. The van der Waals surface area contributed by atoms with Gasteiger partial charge in [-0.1, -0.05) is 60.7 Å². The standard InChI is InChI=1S/C16H15ClO/c17-15(11-13-7-3-1-4-8-13)16(18)12-14-9-5-2-6-10-14/h1-10,15H,11-12H2. The van der Waals surface area contributed by atoms with E-state index in [4.69, 9.17) is 11.6 Å². The normalized spacial score (nSPS) is 12.1. The fourth-order valence-corrected chi connectivity index (χ4v) is 2.10. The zero-order valence-corrected chi connectivity index (χ0v) is 10.8. The summed E-state index contributed by atoms with van der Waals surface area (Å²) in [6, 6.07) is 19.6.